The topological polar surface area (TPSA) is 162 Å². The van der Waals surface area contributed by atoms with Crippen LogP contribution in [0.25, 0.3) is 0 Å². The average molecular weight is 642 g/mol. The van der Waals surface area contributed by atoms with Crippen LogP contribution >= 0.6 is 0 Å². The number of carbonyl (C=O) groups excluding carboxylic acids is 4. The lowest BCUT2D eigenvalue weighted by atomic mass is 9.65. The van der Waals surface area contributed by atoms with Crippen LogP contribution < -0.4 is 29.6 Å². The number of hydrogen-bond donors (Lipinski definition) is 3. The highest BCUT2D eigenvalue weighted by Crippen LogP contribution is 2.55. The van der Waals surface area contributed by atoms with Crippen LogP contribution in [0.5, 0.6) is 28.7 Å². The molecule has 47 heavy (non-hydrogen) atoms. The van der Waals surface area contributed by atoms with Gasteiger partial charge < -0.3 is 39.4 Å². The number of rotatable bonds is 8. The van der Waals surface area contributed by atoms with E-state index in [1.54, 1.807) is 36.4 Å². The lowest BCUT2D eigenvalue weighted by molar-refractivity contribution is -0.142. The van der Waals surface area contributed by atoms with Crippen LogP contribution in [0.4, 0.5) is 5.69 Å². The van der Waals surface area contributed by atoms with Gasteiger partial charge in [0.2, 0.25) is 18.4 Å². The summed E-state index contributed by atoms with van der Waals surface area (Å²) in [6.07, 6.45) is 1.26. The third-order valence-corrected chi connectivity index (χ3v) is 8.98. The maximum absolute atomic E-state index is 13.6. The largest absolute Gasteiger partial charge is 0.502 e. The SMILES string of the molecule is COc1cc(C2c3cc4c(cc3C(NC3=CC(=O)N(Cc5ccc(NC(C)=O)cc5)C3=O)C3COC(=O)C23)OCO4)cc(OC)c1O. The van der Waals surface area contributed by atoms with Crippen LogP contribution in [0.2, 0.25) is 0 Å². The predicted molar refractivity (Wildman–Crippen MR) is 164 cm³/mol. The molecule has 1 saturated heterocycles. The fraction of sp³-hybridized carbons (Fsp3) is 0.294. The summed E-state index contributed by atoms with van der Waals surface area (Å²) in [6, 6.07) is 13.2. The van der Waals surface area contributed by atoms with E-state index in [9.17, 15) is 24.3 Å². The van der Waals surface area contributed by atoms with Gasteiger partial charge in [0.05, 0.1) is 39.3 Å². The summed E-state index contributed by atoms with van der Waals surface area (Å²) in [6.45, 7) is 1.53. The van der Waals surface area contributed by atoms with E-state index < -0.39 is 41.6 Å². The van der Waals surface area contributed by atoms with Crippen molar-refractivity contribution in [2.24, 2.45) is 11.8 Å². The third-order valence-electron chi connectivity index (χ3n) is 8.98. The predicted octanol–water partition coefficient (Wildman–Crippen LogP) is 3.11. The Balaban J connectivity index is 1.24. The number of nitrogens with zero attached hydrogens (tertiary/aromatic N) is 1. The van der Waals surface area contributed by atoms with Crippen LogP contribution in [0.1, 0.15) is 41.1 Å². The van der Waals surface area contributed by atoms with Gasteiger partial charge in [-0.05, 0) is 58.7 Å². The molecule has 3 N–H and O–H groups in total. The number of phenolic OH excluding ortho intramolecular Hbond substituents is 1. The maximum Gasteiger partial charge on any atom is 0.310 e. The Labute approximate surface area is 269 Å². The molecule has 3 aromatic rings. The van der Waals surface area contributed by atoms with E-state index in [-0.39, 0.29) is 48.8 Å². The van der Waals surface area contributed by atoms with Gasteiger partial charge in [-0.15, -0.1) is 0 Å². The zero-order valence-electron chi connectivity index (χ0n) is 25.7. The molecule has 13 nitrogen and oxygen atoms in total. The molecule has 4 unspecified atom stereocenters. The monoisotopic (exact) mass is 641 g/mol. The molecule has 0 radical (unpaired) electrons. The fourth-order valence-electron chi connectivity index (χ4n) is 6.85. The van der Waals surface area contributed by atoms with Crippen molar-refractivity contribution < 1.29 is 48.0 Å². The summed E-state index contributed by atoms with van der Waals surface area (Å²) in [5, 5.41) is 16.6. The van der Waals surface area contributed by atoms with E-state index in [0.717, 1.165) is 16.0 Å². The summed E-state index contributed by atoms with van der Waals surface area (Å²) in [7, 11) is 2.85. The Morgan fingerprint density at radius 3 is 2.26 bits per heavy atom. The minimum absolute atomic E-state index is 0.0234. The van der Waals surface area contributed by atoms with Crippen molar-refractivity contribution >= 4 is 29.4 Å². The van der Waals surface area contributed by atoms with E-state index in [1.165, 1.54) is 27.2 Å². The van der Waals surface area contributed by atoms with E-state index in [1.807, 2.05) is 12.1 Å². The van der Waals surface area contributed by atoms with Crippen molar-refractivity contribution in [3.63, 3.8) is 0 Å². The zero-order chi connectivity index (χ0) is 33.0. The molecule has 3 amide bonds. The number of methoxy groups -OCH3 is 2. The van der Waals surface area contributed by atoms with E-state index in [0.29, 0.717) is 28.3 Å². The molecule has 0 spiro atoms. The van der Waals surface area contributed by atoms with Crippen molar-refractivity contribution in [1.29, 1.82) is 0 Å². The average Bonchev–Trinajstić information content (AvgIpc) is 3.75. The van der Waals surface area contributed by atoms with Gasteiger partial charge in [0.1, 0.15) is 5.70 Å². The summed E-state index contributed by atoms with van der Waals surface area (Å²) in [4.78, 5) is 52.7. The van der Waals surface area contributed by atoms with Gasteiger partial charge in [0.15, 0.2) is 23.0 Å². The van der Waals surface area contributed by atoms with Gasteiger partial charge in [0.25, 0.3) is 11.8 Å². The summed E-state index contributed by atoms with van der Waals surface area (Å²) in [5.41, 5.74) is 3.48. The second kappa shape index (κ2) is 11.6. The second-order valence-corrected chi connectivity index (χ2v) is 11.7. The van der Waals surface area contributed by atoms with Crippen molar-refractivity contribution in [3.05, 3.63) is 82.6 Å². The lowest BCUT2D eigenvalue weighted by Gasteiger charge is -2.40. The second-order valence-electron chi connectivity index (χ2n) is 11.7. The minimum Gasteiger partial charge on any atom is -0.502 e. The van der Waals surface area contributed by atoms with E-state index in [4.69, 9.17) is 23.7 Å². The quantitative estimate of drug-likeness (QED) is 0.245. The molecule has 0 aromatic heterocycles. The molecule has 0 bridgehead atoms. The Bertz CT molecular complexity index is 1830. The molecular weight excluding hydrogens is 610 g/mol. The Hall–Kier alpha value is -5.72. The van der Waals surface area contributed by atoms with Gasteiger partial charge in [-0.1, -0.05) is 12.1 Å². The van der Waals surface area contributed by atoms with E-state index in [2.05, 4.69) is 10.6 Å². The first kappa shape index (κ1) is 30.0. The number of ether oxygens (including phenoxy) is 5. The number of hydrogen-bond acceptors (Lipinski definition) is 11. The number of cyclic esters (lactones) is 1. The number of benzene rings is 3. The van der Waals surface area contributed by atoms with Gasteiger partial charge in [-0.25, -0.2) is 0 Å². The number of anilines is 1. The van der Waals surface area contributed by atoms with Crippen molar-refractivity contribution in [2.45, 2.75) is 25.4 Å². The van der Waals surface area contributed by atoms with Gasteiger partial charge in [-0.2, -0.15) is 0 Å². The van der Waals surface area contributed by atoms with Crippen LogP contribution in [-0.2, 0) is 30.5 Å². The molecule has 13 heteroatoms. The molecule has 1 fully saturated rings. The number of nitrogens with one attached hydrogen (secondary N) is 2. The Kier molecular flexibility index (Phi) is 7.38. The van der Waals surface area contributed by atoms with Crippen LogP contribution in [0, 0.1) is 11.8 Å². The Morgan fingerprint density at radius 1 is 0.957 bits per heavy atom. The number of imide groups is 1. The molecule has 7 rings (SSSR count). The number of fused-ring (bicyclic) bond motifs is 3. The number of amides is 3. The number of carbonyl (C=O) groups is 4. The van der Waals surface area contributed by atoms with Crippen molar-refractivity contribution in [1.82, 2.24) is 10.2 Å². The molecule has 3 aliphatic heterocycles. The molecule has 4 atom stereocenters. The summed E-state index contributed by atoms with van der Waals surface area (Å²) >= 11 is 0. The normalized spacial score (nSPS) is 22.3. The van der Waals surface area contributed by atoms with Crippen molar-refractivity contribution in [2.75, 3.05) is 32.9 Å². The molecule has 4 aliphatic rings. The van der Waals surface area contributed by atoms with E-state index >= 15 is 0 Å². The molecular formula is C34H31N3O10. The standard InChI is InChI=1S/C34H31N3O10/c1-16(38)35-19-6-4-17(5-7-19)13-37-28(39)12-23(33(37)41)36-31-21-11-25-24(46-15-47-25)10-20(21)29(30-22(31)14-45-34(30)42)18-8-26(43-2)32(40)27(9-18)44-3/h4-12,22,29-31,36,40H,13-15H2,1-3H3,(H,35,38). The molecule has 3 heterocycles. The summed E-state index contributed by atoms with van der Waals surface area (Å²) < 4.78 is 27.9. The number of phenols is 1. The first-order chi connectivity index (χ1) is 22.7. The zero-order valence-corrected chi connectivity index (χ0v) is 25.7. The lowest BCUT2D eigenvalue weighted by Crippen LogP contribution is -2.42. The molecule has 0 saturated carbocycles. The van der Waals surface area contributed by atoms with Gasteiger partial charge in [-0.3, -0.25) is 24.1 Å². The third kappa shape index (κ3) is 5.13. The van der Waals surface area contributed by atoms with Crippen LogP contribution in [0.3, 0.4) is 0 Å². The minimum atomic E-state index is -0.703. The summed E-state index contributed by atoms with van der Waals surface area (Å²) in [5.74, 6) is -2.16. The number of esters is 1. The first-order valence-electron chi connectivity index (χ1n) is 14.9. The highest BCUT2D eigenvalue weighted by Gasteiger charge is 2.53. The highest BCUT2D eigenvalue weighted by molar-refractivity contribution is 6.15. The number of aromatic hydroxyl groups is 1. The molecule has 242 valence electrons. The first-order valence-corrected chi connectivity index (χ1v) is 14.9. The van der Waals surface area contributed by atoms with Crippen molar-refractivity contribution in [3.8, 4) is 28.7 Å². The maximum atomic E-state index is 13.6. The Morgan fingerprint density at radius 2 is 1.62 bits per heavy atom. The van der Waals surface area contributed by atoms with Gasteiger partial charge in [0, 0.05) is 30.5 Å². The van der Waals surface area contributed by atoms with Crippen LogP contribution in [-0.4, -0.2) is 61.3 Å². The smallest absolute Gasteiger partial charge is 0.310 e. The van der Waals surface area contributed by atoms with Crippen LogP contribution in [0.15, 0.2) is 60.3 Å². The van der Waals surface area contributed by atoms with Gasteiger partial charge >= 0.3 is 5.97 Å². The fourth-order valence-corrected chi connectivity index (χ4v) is 6.85. The molecule has 1 aliphatic carbocycles. The highest BCUT2D eigenvalue weighted by atomic mass is 16.7. The molecule has 3 aromatic carbocycles.